The summed E-state index contributed by atoms with van der Waals surface area (Å²) in [4.78, 5) is 4.24. The molecule has 0 saturated carbocycles. The molecule has 0 fully saturated rings. The standard InChI is InChI=1S/C15H15BrF2N2/c1-9-3-6-12(17)14(15(9)18)13(19-2)7-11-5-4-10(16)8-20-11/h3-6,8,13,19H,7H2,1-2H3. The number of hydrogen-bond donors (Lipinski definition) is 1. The number of halogens is 3. The molecule has 0 amide bonds. The Kier molecular flexibility index (Phi) is 4.83. The van der Waals surface area contributed by atoms with Gasteiger partial charge in [-0.05, 0) is 53.7 Å². The van der Waals surface area contributed by atoms with Gasteiger partial charge in [0.1, 0.15) is 11.6 Å². The summed E-state index contributed by atoms with van der Waals surface area (Å²) in [5.41, 5.74) is 1.27. The molecule has 0 radical (unpaired) electrons. The van der Waals surface area contributed by atoms with Gasteiger partial charge in [-0.25, -0.2) is 8.78 Å². The topological polar surface area (TPSA) is 24.9 Å². The molecule has 0 bridgehead atoms. The summed E-state index contributed by atoms with van der Waals surface area (Å²) in [6.45, 7) is 1.63. The van der Waals surface area contributed by atoms with Crippen LogP contribution in [0.15, 0.2) is 34.9 Å². The molecule has 1 N–H and O–H groups in total. The van der Waals surface area contributed by atoms with Crippen molar-refractivity contribution in [2.24, 2.45) is 0 Å². The average Bonchev–Trinajstić information content (AvgIpc) is 2.44. The van der Waals surface area contributed by atoms with Gasteiger partial charge in [-0.1, -0.05) is 6.07 Å². The molecule has 20 heavy (non-hydrogen) atoms. The molecule has 0 aliphatic rings. The molecule has 5 heteroatoms. The highest BCUT2D eigenvalue weighted by Gasteiger charge is 2.21. The minimum Gasteiger partial charge on any atom is -0.312 e. The number of benzene rings is 1. The maximum absolute atomic E-state index is 14.2. The van der Waals surface area contributed by atoms with E-state index in [1.165, 1.54) is 12.1 Å². The first kappa shape index (κ1) is 15.1. The fourth-order valence-corrected chi connectivity index (χ4v) is 2.32. The minimum atomic E-state index is -0.537. The van der Waals surface area contributed by atoms with Crippen LogP contribution in [0.3, 0.4) is 0 Å². The van der Waals surface area contributed by atoms with Crippen molar-refractivity contribution in [2.75, 3.05) is 7.05 Å². The monoisotopic (exact) mass is 340 g/mol. The second-order valence-electron chi connectivity index (χ2n) is 4.61. The second kappa shape index (κ2) is 6.41. The Labute approximate surface area is 125 Å². The largest absolute Gasteiger partial charge is 0.312 e. The Balaban J connectivity index is 2.33. The highest BCUT2D eigenvalue weighted by atomic mass is 79.9. The van der Waals surface area contributed by atoms with E-state index in [9.17, 15) is 8.78 Å². The van der Waals surface area contributed by atoms with Gasteiger partial charge < -0.3 is 5.32 Å². The van der Waals surface area contributed by atoms with E-state index in [1.807, 2.05) is 12.1 Å². The number of aryl methyl sites for hydroxylation is 1. The van der Waals surface area contributed by atoms with Gasteiger partial charge in [0.15, 0.2) is 0 Å². The van der Waals surface area contributed by atoms with Crippen LogP contribution in [0, 0.1) is 18.6 Å². The zero-order valence-corrected chi connectivity index (χ0v) is 12.8. The maximum atomic E-state index is 14.2. The van der Waals surface area contributed by atoms with Gasteiger partial charge in [0.2, 0.25) is 0 Å². The predicted octanol–water partition coefficient (Wildman–Crippen LogP) is 3.93. The smallest absolute Gasteiger partial charge is 0.133 e. The maximum Gasteiger partial charge on any atom is 0.133 e. The van der Waals surface area contributed by atoms with E-state index in [1.54, 1.807) is 20.2 Å². The van der Waals surface area contributed by atoms with Crippen LogP contribution in [0.4, 0.5) is 8.78 Å². The Morgan fingerprint density at radius 3 is 2.60 bits per heavy atom. The molecule has 2 nitrogen and oxygen atoms in total. The molecule has 1 aromatic carbocycles. The van der Waals surface area contributed by atoms with Gasteiger partial charge in [-0.15, -0.1) is 0 Å². The quantitative estimate of drug-likeness (QED) is 0.911. The molecule has 1 atom stereocenters. The normalized spacial score (nSPS) is 12.4. The van der Waals surface area contributed by atoms with Gasteiger partial charge in [0.25, 0.3) is 0 Å². The summed E-state index contributed by atoms with van der Waals surface area (Å²) in [5.74, 6) is -1.04. The Bertz CT molecular complexity index is 600. The average molecular weight is 341 g/mol. The first-order valence-corrected chi connectivity index (χ1v) is 7.04. The lowest BCUT2D eigenvalue weighted by molar-refractivity contribution is 0.483. The molecule has 2 aromatic rings. The SMILES string of the molecule is CNC(Cc1ccc(Br)cn1)c1c(F)ccc(C)c1F. The molecule has 1 heterocycles. The highest BCUT2D eigenvalue weighted by molar-refractivity contribution is 9.10. The Morgan fingerprint density at radius 2 is 2.00 bits per heavy atom. The zero-order chi connectivity index (χ0) is 14.7. The Hall–Kier alpha value is -1.33. The first-order valence-electron chi connectivity index (χ1n) is 6.25. The number of pyridine rings is 1. The third-order valence-corrected chi connectivity index (χ3v) is 3.69. The summed E-state index contributed by atoms with van der Waals surface area (Å²) in [6.07, 6.45) is 2.09. The van der Waals surface area contributed by atoms with Crippen LogP contribution in [-0.4, -0.2) is 12.0 Å². The van der Waals surface area contributed by atoms with E-state index in [-0.39, 0.29) is 5.56 Å². The van der Waals surface area contributed by atoms with Crippen molar-refractivity contribution in [3.05, 3.63) is 63.4 Å². The van der Waals surface area contributed by atoms with Gasteiger partial charge in [-0.3, -0.25) is 4.98 Å². The van der Waals surface area contributed by atoms with E-state index < -0.39 is 17.7 Å². The number of likely N-dealkylation sites (N-methyl/N-ethyl adjacent to an activating group) is 1. The van der Waals surface area contributed by atoms with Crippen LogP contribution in [-0.2, 0) is 6.42 Å². The summed E-state index contributed by atoms with van der Waals surface area (Å²) in [7, 11) is 1.69. The van der Waals surface area contributed by atoms with E-state index >= 15 is 0 Å². The summed E-state index contributed by atoms with van der Waals surface area (Å²) >= 11 is 3.31. The van der Waals surface area contributed by atoms with Crippen molar-refractivity contribution in [3.63, 3.8) is 0 Å². The molecule has 106 valence electrons. The predicted molar refractivity (Wildman–Crippen MR) is 78.5 cm³/mol. The van der Waals surface area contributed by atoms with E-state index in [0.717, 1.165) is 10.2 Å². The van der Waals surface area contributed by atoms with E-state index in [0.29, 0.717) is 12.0 Å². The van der Waals surface area contributed by atoms with Crippen LogP contribution in [0.1, 0.15) is 22.9 Å². The third-order valence-electron chi connectivity index (χ3n) is 3.22. The molecule has 0 aliphatic carbocycles. The fraction of sp³-hybridized carbons (Fsp3) is 0.267. The van der Waals surface area contributed by atoms with E-state index in [2.05, 4.69) is 26.2 Å². The van der Waals surface area contributed by atoms with Crippen molar-refractivity contribution < 1.29 is 8.78 Å². The number of aromatic nitrogens is 1. The van der Waals surface area contributed by atoms with Crippen LogP contribution in [0.25, 0.3) is 0 Å². The third kappa shape index (κ3) is 3.22. The lowest BCUT2D eigenvalue weighted by atomic mass is 9.98. The van der Waals surface area contributed by atoms with Crippen LogP contribution < -0.4 is 5.32 Å². The zero-order valence-electron chi connectivity index (χ0n) is 11.3. The van der Waals surface area contributed by atoms with Crippen molar-refractivity contribution in [1.82, 2.24) is 10.3 Å². The summed E-state index contributed by atoms with van der Waals surface area (Å²) in [5, 5.41) is 2.96. The van der Waals surface area contributed by atoms with Crippen LogP contribution in [0.2, 0.25) is 0 Å². The van der Waals surface area contributed by atoms with Gasteiger partial charge >= 0.3 is 0 Å². The second-order valence-corrected chi connectivity index (χ2v) is 5.52. The molecular weight excluding hydrogens is 326 g/mol. The number of hydrogen-bond acceptors (Lipinski definition) is 2. The van der Waals surface area contributed by atoms with E-state index in [4.69, 9.17) is 0 Å². The van der Waals surface area contributed by atoms with Gasteiger partial charge in [0.05, 0.1) is 0 Å². The fourth-order valence-electron chi connectivity index (χ4n) is 2.08. The number of rotatable bonds is 4. The molecule has 0 spiro atoms. The van der Waals surface area contributed by atoms with Gasteiger partial charge in [0, 0.05) is 34.4 Å². The lowest BCUT2D eigenvalue weighted by Gasteiger charge is -2.18. The van der Waals surface area contributed by atoms with Crippen molar-refractivity contribution >= 4 is 15.9 Å². The molecule has 0 saturated heterocycles. The van der Waals surface area contributed by atoms with Crippen LogP contribution >= 0.6 is 15.9 Å². The molecule has 1 aromatic heterocycles. The lowest BCUT2D eigenvalue weighted by Crippen LogP contribution is -2.22. The van der Waals surface area contributed by atoms with Crippen molar-refractivity contribution in [1.29, 1.82) is 0 Å². The Morgan fingerprint density at radius 1 is 1.25 bits per heavy atom. The number of nitrogens with zero attached hydrogens (tertiary/aromatic N) is 1. The molecule has 0 aliphatic heterocycles. The minimum absolute atomic E-state index is 0.0669. The summed E-state index contributed by atoms with van der Waals surface area (Å²) in [6, 6.07) is 5.98. The van der Waals surface area contributed by atoms with Crippen molar-refractivity contribution in [3.8, 4) is 0 Å². The number of nitrogens with one attached hydrogen (secondary N) is 1. The highest BCUT2D eigenvalue weighted by Crippen LogP contribution is 2.25. The van der Waals surface area contributed by atoms with Crippen molar-refractivity contribution in [2.45, 2.75) is 19.4 Å². The van der Waals surface area contributed by atoms with Crippen LogP contribution in [0.5, 0.6) is 0 Å². The summed E-state index contributed by atoms with van der Waals surface area (Å²) < 4.78 is 29.0. The van der Waals surface area contributed by atoms with Gasteiger partial charge in [-0.2, -0.15) is 0 Å². The first-order chi connectivity index (χ1) is 9.52. The molecular formula is C15H15BrF2N2. The molecule has 2 rings (SSSR count). The molecule has 1 unspecified atom stereocenters.